The van der Waals surface area contributed by atoms with E-state index in [1.165, 1.54) is 40.0 Å². The monoisotopic (exact) mass is 429 g/mol. The van der Waals surface area contributed by atoms with Gasteiger partial charge in [-0.2, -0.15) is 0 Å². The van der Waals surface area contributed by atoms with Gasteiger partial charge in [0.2, 0.25) is 0 Å². The van der Waals surface area contributed by atoms with Crippen molar-refractivity contribution in [1.82, 2.24) is 9.97 Å². The predicted octanol–water partition coefficient (Wildman–Crippen LogP) is 4.40. The Labute approximate surface area is 189 Å². The number of fused-ring (bicyclic) bond motifs is 4. The maximum absolute atomic E-state index is 5.62. The second kappa shape index (κ2) is 7.93. The van der Waals surface area contributed by atoms with Crippen molar-refractivity contribution in [2.45, 2.75) is 45.6 Å². The highest BCUT2D eigenvalue weighted by Crippen LogP contribution is 2.40. The van der Waals surface area contributed by atoms with Crippen molar-refractivity contribution in [2.24, 2.45) is 0 Å². The minimum Gasteiger partial charge on any atom is -0.384 e. The lowest BCUT2D eigenvalue weighted by molar-refractivity contribution is 0.122. The first-order valence-corrected chi connectivity index (χ1v) is 12.0. The number of morpholine rings is 1. The molecule has 1 aliphatic carbocycles. The van der Waals surface area contributed by atoms with Crippen molar-refractivity contribution in [3.8, 4) is 0 Å². The molecule has 1 aromatic heterocycles. The Hall–Kier alpha value is -2.86. The number of benzene rings is 2. The molecule has 1 atom stereocenters. The molecule has 2 N–H and O–H groups in total. The summed E-state index contributed by atoms with van der Waals surface area (Å²) >= 11 is 0. The summed E-state index contributed by atoms with van der Waals surface area (Å²) in [6, 6.07) is 9.09. The van der Waals surface area contributed by atoms with Gasteiger partial charge in [0.25, 0.3) is 0 Å². The van der Waals surface area contributed by atoms with Gasteiger partial charge in [-0.3, -0.25) is 0 Å². The third-order valence-electron chi connectivity index (χ3n) is 7.23. The minimum atomic E-state index is 0.169. The van der Waals surface area contributed by atoms with E-state index in [9.17, 15) is 0 Å². The fourth-order valence-electron chi connectivity index (χ4n) is 5.72. The first-order chi connectivity index (χ1) is 15.7. The zero-order chi connectivity index (χ0) is 21.7. The van der Waals surface area contributed by atoms with Crippen molar-refractivity contribution in [2.75, 3.05) is 48.4 Å². The van der Waals surface area contributed by atoms with Crippen molar-refractivity contribution in [1.29, 1.82) is 0 Å². The van der Waals surface area contributed by atoms with Crippen molar-refractivity contribution < 1.29 is 4.74 Å². The molecule has 3 heterocycles. The molecular weight excluding hydrogens is 398 g/mol. The molecule has 0 saturated carbocycles. The summed E-state index contributed by atoms with van der Waals surface area (Å²) < 4.78 is 5.62. The zero-order valence-electron chi connectivity index (χ0n) is 19.0. The van der Waals surface area contributed by atoms with Crippen LogP contribution in [0, 0.1) is 6.92 Å². The Kier molecular flexibility index (Phi) is 4.90. The van der Waals surface area contributed by atoms with Crippen LogP contribution in [0.2, 0.25) is 0 Å². The fourth-order valence-corrected chi connectivity index (χ4v) is 5.72. The third-order valence-corrected chi connectivity index (χ3v) is 7.23. The van der Waals surface area contributed by atoms with E-state index >= 15 is 0 Å². The summed E-state index contributed by atoms with van der Waals surface area (Å²) in [4.78, 5) is 12.3. The number of nitrogens with one attached hydrogen (secondary N) is 2. The summed E-state index contributed by atoms with van der Waals surface area (Å²) in [7, 11) is 0. The van der Waals surface area contributed by atoms with E-state index in [4.69, 9.17) is 14.7 Å². The third kappa shape index (κ3) is 3.28. The number of anilines is 3. The highest BCUT2D eigenvalue weighted by Gasteiger charge is 2.26. The summed E-state index contributed by atoms with van der Waals surface area (Å²) in [5.74, 6) is 1.79. The van der Waals surface area contributed by atoms with Crippen molar-refractivity contribution in [3.05, 3.63) is 52.3 Å². The lowest BCUT2D eigenvalue weighted by Gasteiger charge is -2.31. The van der Waals surface area contributed by atoms with Gasteiger partial charge < -0.3 is 20.3 Å². The molecule has 6 rings (SSSR count). The maximum Gasteiger partial charge on any atom is 0.138 e. The standard InChI is InChI=1S/C26H31N5O/c1-16(18-5-4-8-23-19(18)9-10-27-23)28-26-22-15-24(31-11-13-32-14-12-31)20-6-3-7-21(20)25(22)29-17(2)30-26/h4-5,8,15-16,27H,3,6-7,9-14H2,1-2H3,(H,28,29,30). The van der Waals surface area contributed by atoms with Crippen LogP contribution in [-0.2, 0) is 24.0 Å². The molecule has 3 aromatic rings. The molecule has 3 aliphatic rings. The van der Waals surface area contributed by atoms with Gasteiger partial charge in [0.05, 0.1) is 24.8 Å². The normalized spacial score (nSPS) is 18.4. The molecule has 1 saturated heterocycles. The number of aromatic nitrogens is 2. The molecule has 2 aliphatic heterocycles. The number of nitrogens with zero attached hydrogens (tertiary/aromatic N) is 3. The number of hydrogen-bond donors (Lipinski definition) is 2. The molecule has 0 amide bonds. The van der Waals surface area contributed by atoms with E-state index in [0.717, 1.165) is 74.7 Å². The number of aryl methyl sites for hydroxylation is 2. The number of hydrogen-bond acceptors (Lipinski definition) is 6. The average Bonchev–Trinajstić information content (AvgIpc) is 3.49. The Morgan fingerprint density at radius 3 is 2.78 bits per heavy atom. The van der Waals surface area contributed by atoms with E-state index in [1.807, 2.05) is 6.92 Å². The van der Waals surface area contributed by atoms with Crippen LogP contribution in [-0.4, -0.2) is 42.8 Å². The van der Waals surface area contributed by atoms with Crippen LogP contribution >= 0.6 is 0 Å². The van der Waals surface area contributed by atoms with Crippen LogP contribution < -0.4 is 15.5 Å². The maximum atomic E-state index is 5.62. The van der Waals surface area contributed by atoms with Crippen molar-refractivity contribution >= 4 is 28.1 Å². The molecule has 6 heteroatoms. The smallest absolute Gasteiger partial charge is 0.138 e. The highest BCUT2D eigenvalue weighted by molar-refractivity contribution is 5.96. The van der Waals surface area contributed by atoms with Crippen LogP contribution in [0.4, 0.5) is 17.2 Å². The van der Waals surface area contributed by atoms with Gasteiger partial charge in [-0.05, 0) is 73.9 Å². The molecular formula is C26H31N5O. The fraction of sp³-hybridized carbons (Fsp3) is 0.462. The first kappa shape index (κ1) is 19.8. The summed E-state index contributed by atoms with van der Waals surface area (Å²) in [6.45, 7) is 8.77. The van der Waals surface area contributed by atoms with Gasteiger partial charge in [0.15, 0.2) is 0 Å². The lowest BCUT2D eigenvalue weighted by atomic mass is 9.98. The molecule has 0 radical (unpaired) electrons. The van der Waals surface area contributed by atoms with Crippen LogP contribution in [0.1, 0.15) is 47.5 Å². The Bertz CT molecular complexity index is 1180. The van der Waals surface area contributed by atoms with Gasteiger partial charge in [-0.15, -0.1) is 0 Å². The molecule has 0 spiro atoms. The van der Waals surface area contributed by atoms with Crippen LogP contribution in [0.3, 0.4) is 0 Å². The largest absolute Gasteiger partial charge is 0.384 e. The van der Waals surface area contributed by atoms with E-state index in [1.54, 1.807) is 0 Å². The van der Waals surface area contributed by atoms with Crippen LogP contribution in [0.25, 0.3) is 10.9 Å². The van der Waals surface area contributed by atoms with E-state index in [2.05, 4.69) is 46.7 Å². The van der Waals surface area contributed by atoms with Gasteiger partial charge in [-0.1, -0.05) is 12.1 Å². The van der Waals surface area contributed by atoms with Gasteiger partial charge >= 0.3 is 0 Å². The lowest BCUT2D eigenvalue weighted by Crippen LogP contribution is -2.36. The summed E-state index contributed by atoms with van der Waals surface area (Å²) in [5, 5.41) is 8.42. The number of rotatable bonds is 4. The molecule has 32 heavy (non-hydrogen) atoms. The minimum absolute atomic E-state index is 0.169. The highest BCUT2D eigenvalue weighted by atomic mass is 16.5. The van der Waals surface area contributed by atoms with E-state index in [-0.39, 0.29) is 6.04 Å². The predicted molar refractivity (Wildman–Crippen MR) is 130 cm³/mol. The van der Waals surface area contributed by atoms with E-state index < -0.39 is 0 Å². The molecule has 166 valence electrons. The second-order valence-electron chi connectivity index (χ2n) is 9.24. The first-order valence-electron chi connectivity index (χ1n) is 12.0. The quantitative estimate of drug-likeness (QED) is 0.641. The molecule has 6 nitrogen and oxygen atoms in total. The Balaban J connectivity index is 1.45. The molecule has 1 unspecified atom stereocenters. The van der Waals surface area contributed by atoms with Crippen molar-refractivity contribution in [3.63, 3.8) is 0 Å². The summed E-state index contributed by atoms with van der Waals surface area (Å²) in [5.41, 5.74) is 9.47. The van der Waals surface area contributed by atoms with Gasteiger partial charge in [0, 0.05) is 36.4 Å². The Morgan fingerprint density at radius 2 is 1.91 bits per heavy atom. The SMILES string of the molecule is Cc1nc(NC(C)c2cccc3c2CCN3)c2cc(N3CCOCC3)c3c(c2n1)CCC3. The second-order valence-corrected chi connectivity index (χ2v) is 9.24. The zero-order valence-corrected chi connectivity index (χ0v) is 19.0. The number of ether oxygens (including phenoxy) is 1. The molecule has 0 bridgehead atoms. The Morgan fingerprint density at radius 1 is 1.06 bits per heavy atom. The van der Waals surface area contributed by atoms with Crippen LogP contribution in [0.15, 0.2) is 24.3 Å². The van der Waals surface area contributed by atoms with Gasteiger partial charge in [0.1, 0.15) is 11.6 Å². The molecule has 1 fully saturated rings. The topological polar surface area (TPSA) is 62.3 Å². The average molecular weight is 430 g/mol. The summed E-state index contributed by atoms with van der Waals surface area (Å²) in [6.07, 6.45) is 4.53. The van der Waals surface area contributed by atoms with E-state index in [0.29, 0.717) is 0 Å². The van der Waals surface area contributed by atoms with Crippen LogP contribution in [0.5, 0.6) is 0 Å². The molecule has 2 aromatic carbocycles. The van der Waals surface area contributed by atoms with Gasteiger partial charge in [-0.25, -0.2) is 9.97 Å².